The van der Waals surface area contributed by atoms with Gasteiger partial charge in [-0.25, -0.2) is 0 Å². The molecule has 2 saturated heterocycles. The van der Waals surface area contributed by atoms with E-state index in [4.69, 9.17) is 4.74 Å². The van der Waals surface area contributed by atoms with Gasteiger partial charge in [-0.15, -0.1) is 0 Å². The van der Waals surface area contributed by atoms with E-state index < -0.39 is 0 Å². The third-order valence-corrected chi connectivity index (χ3v) is 6.12. The molecule has 2 aliphatic rings. The van der Waals surface area contributed by atoms with Crippen LogP contribution in [0.4, 0.5) is 0 Å². The van der Waals surface area contributed by atoms with Gasteiger partial charge in [-0.05, 0) is 45.3 Å². The Labute approximate surface area is 166 Å². The zero-order chi connectivity index (χ0) is 19.5. The molecule has 1 atom stereocenters. The van der Waals surface area contributed by atoms with Crippen LogP contribution in [0.2, 0.25) is 0 Å². The number of aryl methyl sites for hydroxylation is 2. The molecule has 1 aromatic heterocycles. The van der Waals surface area contributed by atoms with Crippen molar-refractivity contribution in [3.05, 3.63) is 52.8 Å². The number of morpholine rings is 1. The van der Waals surface area contributed by atoms with Crippen molar-refractivity contribution in [3.8, 4) is 0 Å². The molecule has 0 aliphatic carbocycles. The molecule has 4 rings (SSSR count). The van der Waals surface area contributed by atoms with E-state index in [2.05, 4.69) is 45.4 Å². The quantitative estimate of drug-likeness (QED) is 0.883. The summed E-state index contributed by atoms with van der Waals surface area (Å²) in [6.45, 7) is 8.78. The highest BCUT2D eigenvalue weighted by atomic mass is 16.5. The van der Waals surface area contributed by atoms with Gasteiger partial charge >= 0.3 is 0 Å². The summed E-state index contributed by atoms with van der Waals surface area (Å²) >= 11 is 0. The molecule has 2 aliphatic heterocycles. The standard InChI is InChI=1S/C22H30N4O2/c1-16-21(17(2)24-23-16)20-15-28-13-12-26(20)22(27)19-8-10-25(11-9-19)14-18-6-4-3-5-7-18/h3-7,19-20H,8-15H2,1-2H3,(H,23,24). The molecule has 3 heterocycles. The van der Waals surface area contributed by atoms with Crippen LogP contribution in [0.25, 0.3) is 0 Å². The second-order valence-corrected chi connectivity index (χ2v) is 8.01. The molecule has 0 spiro atoms. The number of nitrogens with zero attached hydrogens (tertiary/aromatic N) is 3. The van der Waals surface area contributed by atoms with E-state index in [0.717, 1.165) is 49.4 Å². The number of carbonyl (C=O) groups is 1. The first-order valence-electron chi connectivity index (χ1n) is 10.3. The van der Waals surface area contributed by atoms with Gasteiger partial charge in [-0.1, -0.05) is 30.3 Å². The van der Waals surface area contributed by atoms with Crippen LogP contribution in [-0.2, 0) is 16.1 Å². The van der Waals surface area contributed by atoms with Crippen LogP contribution in [0.1, 0.15) is 41.4 Å². The van der Waals surface area contributed by atoms with E-state index in [9.17, 15) is 4.79 Å². The topological polar surface area (TPSA) is 61.5 Å². The molecule has 6 heteroatoms. The zero-order valence-corrected chi connectivity index (χ0v) is 16.9. The van der Waals surface area contributed by atoms with Crippen molar-refractivity contribution in [2.45, 2.75) is 39.3 Å². The number of likely N-dealkylation sites (tertiary alicyclic amines) is 1. The maximum atomic E-state index is 13.4. The fourth-order valence-corrected chi connectivity index (χ4v) is 4.57. The van der Waals surface area contributed by atoms with Crippen molar-refractivity contribution in [2.75, 3.05) is 32.8 Å². The van der Waals surface area contributed by atoms with Crippen LogP contribution in [0.3, 0.4) is 0 Å². The summed E-state index contributed by atoms with van der Waals surface area (Å²) in [7, 11) is 0. The van der Waals surface area contributed by atoms with Crippen molar-refractivity contribution < 1.29 is 9.53 Å². The first-order valence-corrected chi connectivity index (χ1v) is 10.3. The van der Waals surface area contributed by atoms with Crippen LogP contribution in [-0.4, -0.2) is 58.8 Å². The minimum absolute atomic E-state index is 0.0256. The third-order valence-electron chi connectivity index (χ3n) is 6.12. The Bertz CT molecular complexity index is 777. The summed E-state index contributed by atoms with van der Waals surface area (Å²) in [6, 6.07) is 10.5. The minimum Gasteiger partial charge on any atom is -0.377 e. The number of carbonyl (C=O) groups excluding carboxylic acids is 1. The number of piperidine rings is 1. The summed E-state index contributed by atoms with van der Waals surface area (Å²) in [6.07, 6.45) is 1.86. The number of nitrogens with one attached hydrogen (secondary N) is 1. The van der Waals surface area contributed by atoms with E-state index >= 15 is 0 Å². The van der Waals surface area contributed by atoms with Gasteiger partial charge in [-0.2, -0.15) is 5.10 Å². The molecule has 1 N–H and O–H groups in total. The Hall–Kier alpha value is -2.18. The second kappa shape index (κ2) is 8.45. The lowest BCUT2D eigenvalue weighted by Crippen LogP contribution is -2.48. The van der Waals surface area contributed by atoms with Crippen molar-refractivity contribution in [1.82, 2.24) is 20.0 Å². The van der Waals surface area contributed by atoms with E-state index in [-0.39, 0.29) is 17.9 Å². The Morgan fingerprint density at radius 1 is 1.18 bits per heavy atom. The molecular formula is C22H30N4O2. The predicted molar refractivity (Wildman–Crippen MR) is 108 cm³/mol. The molecule has 0 saturated carbocycles. The predicted octanol–water partition coefficient (Wildman–Crippen LogP) is 2.84. The Kier molecular flexibility index (Phi) is 5.78. The summed E-state index contributed by atoms with van der Waals surface area (Å²) in [5.74, 6) is 0.396. The van der Waals surface area contributed by atoms with Gasteiger partial charge in [-0.3, -0.25) is 14.8 Å². The highest BCUT2D eigenvalue weighted by Gasteiger charge is 2.36. The van der Waals surface area contributed by atoms with Crippen molar-refractivity contribution in [3.63, 3.8) is 0 Å². The molecule has 1 amide bonds. The molecule has 0 radical (unpaired) electrons. The number of benzene rings is 1. The van der Waals surface area contributed by atoms with E-state index in [1.807, 2.05) is 18.7 Å². The van der Waals surface area contributed by atoms with Crippen LogP contribution < -0.4 is 0 Å². The SMILES string of the molecule is Cc1n[nH]c(C)c1C1COCCN1C(=O)C1CCN(Cc2ccccc2)CC1. The fourth-order valence-electron chi connectivity index (χ4n) is 4.57. The van der Waals surface area contributed by atoms with Gasteiger partial charge in [0.15, 0.2) is 0 Å². The lowest BCUT2D eigenvalue weighted by Gasteiger charge is -2.40. The van der Waals surface area contributed by atoms with Gasteiger partial charge in [0.05, 0.1) is 24.9 Å². The van der Waals surface area contributed by atoms with Gasteiger partial charge in [0.25, 0.3) is 0 Å². The third kappa shape index (κ3) is 3.98. The summed E-state index contributed by atoms with van der Waals surface area (Å²) < 4.78 is 5.72. The molecule has 150 valence electrons. The summed E-state index contributed by atoms with van der Waals surface area (Å²) in [4.78, 5) is 17.9. The number of aromatic amines is 1. The number of amides is 1. The highest BCUT2D eigenvalue weighted by molar-refractivity contribution is 5.79. The van der Waals surface area contributed by atoms with Crippen molar-refractivity contribution >= 4 is 5.91 Å². The molecule has 2 aromatic rings. The maximum Gasteiger partial charge on any atom is 0.226 e. The summed E-state index contributed by atoms with van der Waals surface area (Å²) in [5, 5.41) is 7.37. The van der Waals surface area contributed by atoms with Gasteiger partial charge in [0.2, 0.25) is 5.91 Å². The highest BCUT2D eigenvalue weighted by Crippen LogP contribution is 2.31. The average Bonchev–Trinajstić information content (AvgIpc) is 3.07. The van der Waals surface area contributed by atoms with Gasteiger partial charge < -0.3 is 9.64 Å². The lowest BCUT2D eigenvalue weighted by atomic mass is 9.93. The number of aromatic nitrogens is 2. The molecule has 6 nitrogen and oxygen atoms in total. The van der Waals surface area contributed by atoms with E-state index in [1.165, 1.54) is 5.56 Å². The Morgan fingerprint density at radius 2 is 1.93 bits per heavy atom. The first kappa shape index (κ1) is 19.2. The molecule has 28 heavy (non-hydrogen) atoms. The second-order valence-electron chi connectivity index (χ2n) is 8.01. The van der Waals surface area contributed by atoms with Crippen molar-refractivity contribution in [1.29, 1.82) is 0 Å². The largest absolute Gasteiger partial charge is 0.377 e. The Balaban J connectivity index is 1.40. The normalized spacial score (nSPS) is 21.8. The van der Waals surface area contributed by atoms with Crippen LogP contribution >= 0.6 is 0 Å². The fraction of sp³-hybridized carbons (Fsp3) is 0.545. The van der Waals surface area contributed by atoms with Crippen LogP contribution in [0, 0.1) is 19.8 Å². The van der Waals surface area contributed by atoms with Gasteiger partial charge in [0, 0.05) is 30.3 Å². The average molecular weight is 383 g/mol. The van der Waals surface area contributed by atoms with E-state index in [0.29, 0.717) is 19.8 Å². The van der Waals surface area contributed by atoms with Crippen molar-refractivity contribution in [2.24, 2.45) is 5.92 Å². The lowest BCUT2D eigenvalue weighted by molar-refractivity contribution is -0.146. The molecule has 1 unspecified atom stereocenters. The summed E-state index contributed by atoms with van der Waals surface area (Å²) in [5.41, 5.74) is 4.45. The Morgan fingerprint density at radius 3 is 2.61 bits per heavy atom. The monoisotopic (exact) mass is 382 g/mol. The number of hydrogen-bond donors (Lipinski definition) is 1. The molecule has 1 aromatic carbocycles. The minimum atomic E-state index is -0.0256. The van der Waals surface area contributed by atoms with Crippen LogP contribution in [0.15, 0.2) is 30.3 Å². The number of ether oxygens (including phenoxy) is 1. The van der Waals surface area contributed by atoms with Crippen LogP contribution in [0.5, 0.6) is 0 Å². The molecule has 2 fully saturated rings. The zero-order valence-electron chi connectivity index (χ0n) is 16.9. The molecular weight excluding hydrogens is 352 g/mol. The maximum absolute atomic E-state index is 13.4. The first-order chi connectivity index (χ1) is 13.6. The number of hydrogen-bond acceptors (Lipinski definition) is 4. The molecule has 0 bridgehead atoms. The smallest absolute Gasteiger partial charge is 0.226 e. The van der Waals surface area contributed by atoms with E-state index in [1.54, 1.807) is 0 Å². The number of H-pyrrole nitrogens is 1. The van der Waals surface area contributed by atoms with Gasteiger partial charge in [0.1, 0.15) is 0 Å². The number of rotatable bonds is 4.